The van der Waals surface area contributed by atoms with Gasteiger partial charge in [-0.2, -0.15) is 0 Å². The van der Waals surface area contributed by atoms with Gasteiger partial charge in [-0.15, -0.1) is 0 Å². The first-order chi connectivity index (χ1) is 52.1. The molecule has 558 valence electrons. The van der Waals surface area contributed by atoms with Crippen LogP contribution in [0.2, 0.25) is 0 Å². The number of nitrogens with one attached hydrogen (secondary N) is 3. The minimum absolute atomic E-state index is 0.0393. The summed E-state index contributed by atoms with van der Waals surface area (Å²) < 4.78 is 64.2. The molecule has 10 N–H and O–H groups in total. The smallest absolute Gasteiger partial charge is 0.313 e. The van der Waals surface area contributed by atoms with Crippen LogP contribution in [-0.2, 0) is 76.0 Å². The maximum absolute atomic E-state index is 15.0. The maximum atomic E-state index is 15.0. The van der Waals surface area contributed by atoms with Crippen molar-refractivity contribution in [1.82, 2.24) is 31.3 Å². The number of halogens is 1. The van der Waals surface area contributed by atoms with E-state index in [9.17, 15) is 46.8 Å². The van der Waals surface area contributed by atoms with E-state index in [4.69, 9.17) is 50.8 Å². The number of para-hydroxylation sites is 2. The molecular formula is C82H82FN9O15S. The van der Waals surface area contributed by atoms with Gasteiger partial charge in [-0.25, -0.2) is 39.2 Å². The summed E-state index contributed by atoms with van der Waals surface area (Å²) >= 11 is 0. The van der Waals surface area contributed by atoms with Gasteiger partial charge in [0, 0.05) is 59.2 Å². The third kappa shape index (κ3) is 16.5. The Morgan fingerprint density at radius 3 is 1.56 bits per heavy atom. The van der Waals surface area contributed by atoms with Gasteiger partial charge < -0.3 is 35.3 Å². The van der Waals surface area contributed by atoms with Crippen molar-refractivity contribution in [1.29, 1.82) is 0 Å². The van der Waals surface area contributed by atoms with E-state index < -0.39 is 79.4 Å². The number of anilines is 1. The largest absolute Gasteiger partial charge is 0.497 e. The summed E-state index contributed by atoms with van der Waals surface area (Å²) in [5.41, 5.74) is 23.4. The fraction of sp³-hybridized carbons (Fsp3) is 0.268. The van der Waals surface area contributed by atoms with Gasteiger partial charge in [0.2, 0.25) is 29.5 Å². The molecule has 26 heteroatoms. The standard InChI is InChI=1S/C32H32N4O4.C28H24FN3O4.C22H26N2O7S/c33-24-14-15-36(19-24)31(38)32(18-27(32)30(37)35-39)17-21-10-12-25(13-11-21)40-20-23-16-29(22-6-2-1-3-7-22)34-28-9-5-4-8-26(23)28;29-22-12-17(14-28(27(30)34)15-21(28)26(33)32-35)10-11-25(22)36-16-19-13-24(18-6-2-1-3-7-18)31-23-9-5-4-8-20(19)23;1-4-31-21(26)22(14-19(22)20(25)23-27)13-15-5-7-16(8-6-15)24(2)32(28,29)18-11-9-17(30-3)10-12-18/h1-13,16,24,27,39H,14-15,17-20,33H2,(H,35,37);1-13,21,35H,14-16H2,(H2,30,34)(H,32,33);5-12,19,27H,4,13-14H2,1-3H3,(H,23,25)/t24-,27-,32+;21-,28+;19-,22+/m111/s1. The number of nitrogens with zero attached hydrogens (tertiary/aromatic N) is 4. The molecule has 3 heterocycles. The average Bonchev–Trinajstić information content (AvgIpc) is 1.58. The summed E-state index contributed by atoms with van der Waals surface area (Å²) in [7, 11) is -0.815. The van der Waals surface area contributed by atoms with E-state index >= 15 is 0 Å². The molecule has 4 fully saturated rings. The molecule has 108 heavy (non-hydrogen) atoms. The van der Waals surface area contributed by atoms with E-state index in [1.165, 1.54) is 42.7 Å². The lowest BCUT2D eigenvalue weighted by molar-refractivity contribution is -0.152. The number of rotatable bonds is 25. The van der Waals surface area contributed by atoms with Crippen LogP contribution in [0.5, 0.6) is 17.2 Å². The summed E-state index contributed by atoms with van der Waals surface area (Å²) in [6.07, 6.45) is 2.36. The van der Waals surface area contributed by atoms with E-state index in [0.29, 0.717) is 55.3 Å². The van der Waals surface area contributed by atoms with Crippen LogP contribution < -0.4 is 46.4 Å². The first kappa shape index (κ1) is 76.0. The summed E-state index contributed by atoms with van der Waals surface area (Å²) in [6.45, 7) is 3.46. The Bertz CT molecular complexity index is 5090. The number of hydrogen-bond acceptors (Lipinski definition) is 18. The number of nitrogens with two attached hydrogens (primary N) is 2. The second-order valence-corrected chi connectivity index (χ2v) is 29.5. The molecule has 1 saturated heterocycles. The highest BCUT2D eigenvalue weighted by atomic mass is 32.2. The van der Waals surface area contributed by atoms with Crippen LogP contribution in [0.15, 0.2) is 217 Å². The number of ether oxygens (including phenoxy) is 4. The second kappa shape index (κ2) is 32.6. The Hall–Kier alpha value is -11.7. The number of carbonyl (C=O) groups excluding carboxylic acids is 6. The Morgan fingerprint density at radius 1 is 0.583 bits per heavy atom. The summed E-state index contributed by atoms with van der Waals surface area (Å²) in [6, 6.07) is 64.5. The molecule has 10 aromatic rings. The summed E-state index contributed by atoms with van der Waals surface area (Å²) in [5.74, 6) is -4.26. The van der Waals surface area contributed by atoms with Crippen molar-refractivity contribution in [3.8, 4) is 39.8 Å². The Labute approximate surface area is 622 Å². The van der Waals surface area contributed by atoms with Crippen molar-refractivity contribution in [2.75, 3.05) is 38.2 Å². The quantitative estimate of drug-likeness (QED) is 0.0150. The zero-order chi connectivity index (χ0) is 76.5. The number of likely N-dealkylation sites (tertiary alicyclic amines) is 1. The molecule has 8 aromatic carbocycles. The third-order valence-corrected chi connectivity index (χ3v) is 22.4. The van der Waals surface area contributed by atoms with Crippen molar-refractivity contribution in [3.05, 3.63) is 246 Å². The van der Waals surface area contributed by atoms with E-state index in [-0.39, 0.29) is 61.5 Å². The Kier molecular flexibility index (Phi) is 22.9. The van der Waals surface area contributed by atoms with Gasteiger partial charge in [0.1, 0.15) is 24.7 Å². The van der Waals surface area contributed by atoms with Crippen molar-refractivity contribution in [2.45, 2.75) is 76.0 Å². The van der Waals surface area contributed by atoms with Crippen LogP contribution in [0.3, 0.4) is 0 Å². The van der Waals surface area contributed by atoms with Crippen LogP contribution in [0.1, 0.15) is 60.4 Å². The first-order valence-corrected chi connectivity index (χ1v) is 36.6. The number of hydrogen-bond donors (Lipinski definition) is 8. The Balaban J connectivity index is 0.000000152. The molecule has 7 atom stereocenters. The number of methoxy groups -OCH3 is 1. The van der Waals surface area contributed by atoms with Gasteiger partial charge in [0.05, 0.1) is 80.7 Å². The van der Waals surface area contributed by atoms with Gasteiger partial charge in [0.25, 0.3) is 10.0 Å². The number of esters is 1. The summed E-state index contributed by atoms with van der Waals surface area (Å²) in [5, 5.41) is 29.0. The van der Waals surface area contributed by atoms with Crippen molar-refractivity contribution in [3.63, 3.8) is 0 Å². The molecule has 14 rings (SSSR count). The van der Waals surface area contributed by atoms with Crippen molar-refractivity contribution < 1.29 is 76.1 Å². The van der Waals surface area contributed by atoms with Crippen molar-refractivity contribution >= 4 is 73.0 Å². The Morgan fingerprint density at radius 2 is 1.05 bits per heavy atom. The van der Waals surface area contributed by atoms with E-state index in [1.807, 2.05) is 133 Å². The normalized spacial score (nSPS) is 20.1. The number of fused-ring (bicyclic) bond motifs is 2. The molecule has 3 saturated carbocycles. The average molecular weight is 1480 g/mol. The fourth-order valence-corrected chi connectivity index (χ4v) is 15.5. The van der Waals surface area contributed by atoms with Gasteiger partial charge in [-0.1, -0.05) is 127 Å². The molecule has 3 aliphatic carbocycles. The van der Waals surface area contributed by atoms with Crippen LogP contribution in [0.25, 0.3) is 44.3 Å². The van der Waals surface area contributed by atoms with E-state index in [2.05, 4.69) is 12.1 Å². The molecule has 2 aromatic heterocycles. The lowest BCUT2D eigenvalue weighted by Gasteiger charge is -2.24. The number of benzene rings is 8. The lowest BCUT2D eigenvalue weighted by Crippen LogP contribution is -2.40. The number of primary amides is 1. The summed E-state index contributed by atoms with van der Waals surface area (Å²) in [4.78, 5) is 85.3. The molecule has 0 radical (unpaired) electrons. The highest BCUT2D eigenvalue weighted by Gasteiger charge is 2.66. The maximum Gasteiger partial charge on any atom is 0.313 e. The van der Waals surface area contributed by atoms with E-state index in [1.54, 1.807) is 70.7 Å². The molecule has 1 aliphatic heterocycles. The SMILES string of the molecule is CCOC(=O)[C@@]1(Cc2ccc(N(C)S(=O)(=O)c3ccc(OC)cc3)cc2)C[C@@H]1C(=O)NO.NC(=O)[C@@]1(Cc2ccc(OCc3cc(-c4ccccc4)nc4ccccc34)c(F)c2)C[C@@H]1C(=O)NO.N[C@@H]1CCN(C(=O)[C@@]2(Cc3ccc(OCc4cc(-c5ccccc5)nc5ccccc45)cc3)C[C@@H]2C(=O)NO)C1. The van der Waals surface area contributed by atoms with Crippen molar-refractivity contribution in [2.24, 2.45) is 45.5 Å². The van der Waals surface area contributed by atoms with Crippen LogP contribution in [-0.4, -0.2) is 114 Å². The zero-order valence-electron chi connectivity index (χ0n) is 59.5. The van der Waals surface area contributed by atoms with Crippen LogP contribution in [0.4, 0.5) is 10.1 Å². The van der Waals surface area contributed by atoms with E-state index in [0.717, 1.165) is 73.0 Å². The van der Waals surface area contributed by atoms with Gasteiger partial charge in [-0.05, 0) is 153 Å². The topological polar surface area (TPSA) is 355 Å². The van der Waals surface area contributed by atoms with Gasteiger partial charge in [-0.3, -0.25) is 48.7 Å². The number of amides is 5. The highest BCUT2D eigenvalue weighted by molar-refractivity contribution is 7.92. The molecule has 0 bridgehead atoms. The lowest BCUT2D eigenvalue weighted by atomic mass is 9.92. The molecule has 4 aliphatic rings. The monoisotopic (exact) mass is 1480 g/mol. The second-order valence-electron chi connectivity index (χ2n) is 27.5. The third-order valence-electron chi connectivity index (χ3n) is 20.6. The minimum Gasteiger partial charge on any atom is -0.497 e. The van der Waals surface area contributed by atoms with Gasteiger partial charge >= 0.3 is 5.97 Å². The molecule has 5 amide bonds. The fourth-order valence-electron chi connectivity index (χ4n) is 14.3. The van der Waals surface area contributed by atoms with Crippen LogP contribution in [0, 0.1) is 39.8 Å². The highest BCUT2D eigenvalue weighted by Crippen LogP contribution is 2.58. The number of pyridine rings is 2. The number of hydroxylamine groups is 3. The predicted molar refractivity (Wildman–Crippen MR) is 398 cm³/mol. The number of carbonyl (C=O) groups is 6. The molecule has 0 spiro atoms. The van der Waals surface area contributed by atoms with Gasteiger partial charge in [0.15, 0.2) is 11.6 Å². The predicted octanol–water partition coefficient (Wildman–Crippen LogP) is 10.4. The molecule has 0 unspecified atom stereocenters. The van der Waals surface area contributed by atoms with Crippen LogP contribution >= 0.6 is 0 Å². The molecular weight excluding hydrogens is 1400 g/mol. The first-order valence-electron chi connectivity index (χ1n) is 35.1. The molecule has 24 nitrogen and oxygen atoms in total. The minimum atomic E-state index is -3.77. The number of sulfonamides is 1. The zero-order valence-corrected chi connectivity index (χ0v) is 60.3. The number of aromatic nitrogens is 2.